The van der Waals surface area contributed by atoms with Crippen LogP contribution in [0.1, 0.15) is 83.2 Å². The van der Waals surface area contributed by atoms with E-state index in [0.717, 1.165) is 62.7 Å². The lowest BCUT2D eigenvalue weighted by atomic mass is 10.1. The molecule has 10 heterocycles. The first kappa shape index (κ1) is 55.7. The van der Waals surface area contributed by atoms with Gasteiger partial charge in [-0.2, -0.15) is 20.5 Å². The number of nitrogens with zero attached hydrogens (tertiary/aromatic N) is 9. The number of fused-ring (bicyclic) bond motifs is 4. The molecule has 0 saturated carbocycles. The molecule has 6 aliphatic heterocycles. The summed E-state index contributed by atoms with van der Waals surface area (Å²) in [5.74, 6) is 1.85. The Morgan fingerprint density at radius 2 is 1.05 bits per heavy atom. The summed E-state index contributed by atoms with van der Waals surface area (Å²) in [6.07, 6.45) is 11.9. The van der Waals surface area contributed by atoms with Crippen LogP contribution in [0.2, 0.25) is 0 Å². The third-order valence-electron chi connectivity index (χ3n) is 14.4. The SMILES string of the molecule is C1CC2CNCC1O2.COc1nc(Nc2cc(-c3ccc(OC4CCOCC4)c(C#N)c3)ncn2)ccc1C(=O)N1CC2CCC(C1)O2.COc1nc(Nc2cc(-c3ccc(OC4CCOCC4)c(C#N)c3)ncn2)ccc1C(=O)O. The Balaban J connectivity index is 0.000000161. The van der Waals surface area contributed by atoms with E-state index in [1.807, 2.05) is 17.0 Å². The van der Waals surface area contributed by atoms with Gasteiger partial charge in [-0.1, -0.05) is 0 Å². The number of morpholine rings is 2. The van der Waals surface area contributed by atoms with Crippen LogP contribution in [0.25, 0.3) is 22.5 Å². The van der Waals surface area contributed by atoms with E-state index in [-0.39, 0.29) is 47.6 Å². The zero-order valence-electron chi connectivity index (χ0n) is 44.9. The van der Waals surface area contributed by atoms with Gasteiger partial charge in [-0.3, -0.25) is 4.79 Å². The number of methoxy groups -OCH3 is 2. The average molecular weight is 1100 g/mol. The maximum atomic E-state index is 13.2. The van der Waals surface area contributed by atoms with Crippen LogP contribution < -0.4 is 34.9 Å². The molecule has 81 heavy (non-hydrogen) atoms. The minimum absolute atomic E-state index is 0.0134. The largest absolute Gasteiger partial charge is 0.489 e. The zero-order chi connectivity index (χ0) is 56.1. The molecule has 4 unspecified atom stereocenters. The molecular weight excluding hydrogens is 1040 g/mol. The van der Waals surface area contributed by atoms with Crippen LogP contribution in [0.5, 0.6) is 23.3 Å². The van der Waals surface area contributed by atoms with Crippen molar-refractivity contribution in [1.29, 1.82) is 10.5 Å². The Labute approximate surface area is 467 Å². The fourth-order valence-electron chi connectivity index (χ4n) is 10.2. The first-order valence-corrected chi connectivity index (χ1v) is 27.0. The molecule has 2 aromatic carbocycles. The molecule has 23 nitrogen and oxygen atoms in total. The first-order chi connectivity index (χ1) is 39.6. The number of hydrogen-bond donors (Lipinski definition) is 4. The van der Waals surface area contributed by atoms with E-state index in [9.17, 15) is 25.2 Å². The molecule has 0 aliphatic carbocycles. The predicted molar refractivity (Wildman–Crippen MR) is 293 cm³/mol. The van der Waals surface area contributed by atoms with Crippen molar-refractivity contribution < 1.29 is 52.6 Å². The second-order valence-corrected chi connectivity index (χ2v) is 19.9. The van der Waals surface area contributed by atoms with Gasteiger partial charge in [-0.15, -0.1) is 0 Å². The lowest BCUT2D eigenvalue weighted by Gasteiger charge is -2.32. The van der Waals surface area contributed by atoms with Gasteiger partial charge in [0.05, 0.1) is 87.6 Å². The van der Waals surface area contributed by atoms with Gasteiger partial charge in [0.1, 0.15) is 82.9 Å². The normalized spacial score (nSPS) is 20.2. The number of nitriles is 2. The molecule has 1 amide bonds. The highest BCUT2D eigenvalue weighted by Crippen LogP contribution is 2.33. The van der Waals surface area contributed by atoms with Crippen LogP contribution in [0, 0.1) is 22.7 Å². The average Bonchev–Trinajstić information content (AvgIpc) is 4.08. The summed E-state index contributed by atoms with van der Waals surface area (Å²) < 4.78 is 44.7. The van der Waals surface area contributed by atoms with E-state index >= 15 is 0 Å². The summed E-state index contributed by atoms with van der Waals surface area (Å²) in [5, 5.41) is 38.1. The number of carbonyl (C=O) groups excluding carboxylic acids is 1. The second kappa shape index (κ2) is 26.6. The number of amides is 1. The molecule has 6 aliphatic rings. The van der Waals surface area contributed by atoms with Crippen molar-refractivity contribution >= 4 is 35.1 Å². The number of anilines is 4. The number of carbonyl (C=O) groups is 2. The highest BCUT2D eigenvalue weighted by molar-refractivity contribution is 5.97. The van der Waals surface area contributed by atoms with E-state index in [1.54, 1.807) is 48.5 Å². The van der Waals surface area contributed by atoms with E-state index in [4.69, 9.17) is 37.9 Å². The van der Waals surface area contributed by atoms with Crippen molar-refractivity contribution in [3.8, 4) is 57.9 Å². The molecule has 12 rings (SSSR count). The van der Waals surface area contributed by atoms with Gasteiger partial charge in [0.15, 0.2) is 0 Å². The summed E-state index contributed by atoms with van der Waals surface area (Å²) >= 11 is 0. The van der Waals surface area contributed by atoms with Gasteiger partial charge < -0.3 is 63.9 Å². The van der Waals surface area contributed by atoms with Gasteiger partial charge in [0, 0.05) is 75.1 Å². The zero-order valence-corrected chi connectivity index (χ0v) is 44.9. The van der Waals surface area contributed by atoms with Crippen LogP contribution in [0.15, 0.2) is 85.5 Å². The van der Waals surface area contributed by atoms with Gasteiger partial charge >= 0.3 is 5.97 Å². The maximum Gasteiger partial charge on any atom is 0.341 e. The minimum atomic E-state index is -1.13. The fourth-order valence-corrected chi connectivity index (χ4v) is 10.2. The van der Waals surface area contributed by atoms with E-state index in [1.165, 1.54) is 51.8 Å². The number of pyridine rings is 2. The van der Waals surface area contributed by atoms with Crippen molar-refractivity contribution in [2.45, 2.75) is 88.0 Å². The first-order valence-electron chi connectivity index (χ1n) is 27.0. The molecule has 6 saturated heterocycles. The highest BCUT2D eigenvalue weighted by Gasteiger charge is 2.37. The maximum absolute atomic E-state index is 13.2. The highest BCUT2D eigenvalue weighted by atomic mass is 16.5. The van der Waals surface area contributed by atoms with Gasteiger partial charge in [0.2, 0.25) is 11.8 Å². The lowest BCUT2D eigenvalue weighted by Crippen LogP contribution is -2.45. The number of benzene rings is 2. The molecule has 4 atom stereocenters. The number of nitrogens with one attached hydrogen (secondary N) is 3. The number of rotatable bonds is 14. The molecule has 0 spiro atoms. The standard InChI is InChI=1S/C29H30N6O5.C23H21N5O5.C6H11NO/c1-37-28-23(29(36)35-15-21-3-4-22(16-35)39-21)5-7-26(34-28)33-27-13-24(31-17-32-27)18-2-6-25(19(12-18)14-30)40-20-8-10-38-11-9-20;1-31-22-17(23(29)30)3-5-20(28-22)27-21-11-18(25-13-26-21)14-2-4-19(15(10-14)12-24)33-16-6-8-32-9-7-16;1-2-6-4-7-3-5(1)8-6/h2,5-7,12-13,17,20-22H,3-4,8-11,15-16H2,1H3,(H,31,32,33,34);2-5,10-11,13,16H,6-9H2,1H3,(H,29,30)(H,25,26,27,28);5-7H,1-4H2. The van der Waals surface area contributed by atoms with Gasteiger partial charge in [0.25, 0.3) is 5.91 Å². The summed E-state index contributed by atoms with van der Waals surface area (Å²) in [4.78, 5) is 52.2. The minimum Gasteiger partial charge on any atom is -0.489 e. The van der Waals surface area contributed by atoms with E-state index in [0.29, 0.717) is 115 Å². The summed E-state index contributed by atoms with van der Waals surface area (Å²) in [7, 11) is 2.85. The Bertz CT molecular complexity index is 3250. The molecule has 6 aromatic rings. The predicted octanol–water partition coefficient (Wildman–Crippen LogP) is 7.28. The number of ether oxygens (including phenoxy) is 8. The van der Waals surface area contributed by atoms with E-state index in [2.05, 4.69) is 58.0 Å². The number of carboxylic acid groups (broad SMARTS) is 1. The Kier molecular flexibility index (Phi) is 18.3. The van der Waals surface area contributed by atoms with Crippen molar-refractivity contribution in [2.75, 3.05) is 77.5 Å². The topological polar surface area (TPSA) is 292 Å². The lowest BCUT2D eigenvalue weighted by molar-refractivity contribution is -0.0304. The third-order valence-corrected chi connectivity index (χ3v) is 14.4. The Morgan fingerprint density at radius 3 is 1.51 bits per heavy atom. The number of aromatic carboxylic acids is 1. The number of carboxylic acids is 1. The van der Waals surface area contributed by atoms with Gasteiger partial charge in [-0.05, 0) is 86.3 Å². The number of aromatic nitrogens is 6. The van der Waals surface area contributed by atoms with Crippen LogP contribution in [-0.2, 0) is 18.9 Å². The molecule has 4 N–H and O–H groups in total. The van der Waals surface area contributed by atoms with Gasteiger partial charge in [-0.25, -0.2) is 24.7 Å². The molecular formula is C58H62N12O11. The quantitative estimate of drug-likeness (QED) is 0.0833. The monoisotopic (exact) mass is 1100 g/mol. The van der Waals surface area contributed by atoms with E-state index < -0.39 is 5.97 Å². The Morgan fingerprint density at radius 1 is 0.593 bits per heavy atom. The molecule has 6 fully saturated rings. The summed E-state index contributed by atoms with van der Waals surface area (Å²) in [6, 6.07) is 25.0. The second-order valence-electron chi connectivity index (χ2n) is 19.9. The molecule has 420 valence electrons. The summed E-state index contributed by atoms with van der Waals surface area (Å²) in [5.41, 5.74) is 3.93. The molecule has 0 radical (unpaired) electrons. The molecule has 4 aromatic heterocycles. The smallest absolute Gasteiger partial charge is 0.341 e. The number of hydrogen-bond acceptors (Lipinski definition) is 21. The number of likely N-dealkylation sites (tertiary alicyclic amines) is 1. The van der Waals surface area contributed by atoms with Crippen LogP contribution in [0.4, 0.5) is 23.3 Å². The third kappa shape index (κ3) is 14.2. The van der Waals surface area contributed by atoms with Crippen molar-refractivity contribution in [3.05, 3.63) is 108 Å². The fraction of sp³-hybridized carbons (Fsp3) is 0.414. The van der Waals surface area contributed by atoms with Crippen molar-refractivity contribution in [3.63, 3.8) is 0 Å². The van der Waals surface area contributed by atoms with Crippen molar-refractivity contribution in [1.82, 2.24) is 40.1 Å². The van der Waals surface area contributed by atoms with Crippen LogP contribution in [-0.4, -0.2) is 155 Å². The van der Waals surface area contributed by atoms with Crippen LogP contribution >= 0.6 is 0 Å². The Hall–Kier alpha value is -8.58. The summed E-state index contributed by atoms with van der Waals surface area (Å²) in [6.45, 7) is 5.96. The molecule has 23 heteroatoms. The molecule has 4 bridgehead atoms. The van der Waals surface area contributed by atoms with Crippen LogP contribution in [0.3, 0.4) is 0 Å². The van der Waals surface area contributed by atoms with Crippen molar-refractivity contribution in [2.24, 2.45) is 0 Å².